The molecule has 5 heteroatoms. The van der Waals surface area contributed by atoms with Crippen LogP contribution in [0.25, 0.3) is 0 Å². The second kappa shape index (κ2) is 9.82. The summed E-state index contributed by atoms with van der Waals surface area (Å²) >= 11 is 0. The Morgan fingerprint density at radius 1 is 0.923 bits per heavy atom. The van der Waals surface area contributed by atoms with Gasteiger partial charge in [0.05, 0.1) is 24.5 Å². The van der Waals surface area contributed by atoms with Gasteiger partial charge in [0.2, 0.25) is 0 Å². The van der Waals surface area contributed by atoms with Gasteiger partial charge >= 0.3 is 6.03 Å². The first-order valence-electron chi connectivity index (χ1n) is 8.94. The van der Waals surface area contributed by atoms with Crippen molar-refractivity contribution in [3.05, 3.63) is 59.7 Å². The van der Waals surface area contributed by atoms with E-state index in [1.807, 2.05) is 76.2 Å². The number of carbonyl (C=O) groups excluding carboxylic acids is 1. The van der Waals surface area contributed by atoms with E-state index in [9.17, 15) is 4.79 Å². The Morgan fingerprint density at radius 3 is 2.23 bits per heavy atom. The number of hydrogen-bond donors (Lipinski definition) is 2. The van der Waals surface area contributed by atoms with Gasteiger partial charge in [-0.15, -0.1) is 0 Å². The van der Waals surface area contributed by atoms with Crippen molar-refractivity contribution in [2.45, 2.75) is 53.1 Å². The molecule has 2 N–H and O–H groups in total. The Kier molecular flexibility index (Phi) is 7.48. The van der Waals surface area contributed by atoms with Gasteiger partial charge in [0.25, 0.3) is 0 Å². The summed E-state index contributed by atoms with van der Waals surface area (Å²) in [5.74, 6) is 0.659. The van der Waals surface area contributed by atoms with Crippen LogP contribution in [0.15, 0.2) is 48.5 Å². The number of nitrogens with one attached hydrogen (secondary N) is 2. The third-order valence-corrected chi connectivity index (χ3v) is 3.56. The fourth-order valence-electron chi connectivity index (χ4n) is 2.29. The Labute approximate surface area is 155 Å². The van der Waals surface area contributed by atoms with Crippen LogP contribution < -0.4 is 15.4 Å². The smallest absolute Gasteiger partial charge is 0.319 e. The van der Waals surface area contributed by atoms with Crippen molar-refractivity contribution in [2.24, 2.45) is 0 Å². The number of para-hydroxylation sites is 2. The molecular weight excluding hydrogens is 328 g/mol. The largest absolute Gasteiger partial charge is 0.489 e. The van der Waals surface area contributed by atoms with E-state index in [4.69, 9.17) is 9.47 Å². The van der Waals surface area contributed by atoms with Gasteiger partial charge in [-0.05, 0) is 51.0 Å². The second-order valence-electron chi connectivity index (χ2n) is 6.65. The minimum Gasteiger partial charge on any atom is -0.489 e. The highest BCUT2D eigenvalue weighted by Gasteiger charge is 2.08. The molecule has 0 aromatic heterocycles. The third kappa shape index (κ3) is 6.76. The highest BCUT2D eigenvalue weighted by Crippen LogP contribution is 2.24. The topological polar surface area (TPSA) is 59.6 Å². The van der Waals surface area contributed by atoms with Crippen LogP contribution in [0.4, 0.5) is 10.5 Å². The molecule has 5 nitrogen and oxygen atoms in total. The first-order valence-corrected chi connectivity index (χ1v) is 8.94. The fraction of sp³-hybridized carbons (Fsp3) is 0.381. The monoisotopic (exact) mass is 356 g/mol. The lowest BCUT2D eigenvalue weighted by atomic mass is 10.1. The van der Waals surface area contributed by atoms with E-state index in [1.165, 1.54) is 0 Å². The summed E-state index contributed by atoms with van der Waals surface area (Å²) in [4.78, 5) is 12.2. The number of rotatable bonds is 8. The summed E-state index contributed by atoms with van der Waals surface area (Å²) < 4.78 is 11.3. The highest BCUT2D eigenvalue weighted by molar-refractivity contribution is 5.90. The van der Waals surface area contributed by atoms with E-state index >= 15 is 0 Å². The van der Waals surface area contributed by atoms with Gasteiger partial charge in [0, 0.05) is 6.54 Å². The van der Waals surface area contributed by atoms with Crippen molar-refractivity contribution in [2.75, 3.05) is 5.32 Å². The van der Waals surface area contributed by atoms with Crippen molar-refractivity contribution < 1.29 is 14.3 Å². The fourth-order valence-corrected chi connectivity index (χ4v) is 2.29. The summed E-state index contributed by atoms with van der Waals surface area (Å²) in [5, 5.41) is 5.70. The minimum absolute atomic E-state index is 0.0409. The van der Waals surface area contributed by atoms with Crippen LogP contribution >= 0.6 is 0 Å². The zero-order chi connectivity index (χ0) is 18.9. The van der Waals surface area contributed by atoms with E-state index in [1.54, 1.807) is 0 Å². The molecule has 26 heavy (non-hydrogen) atoms. The SMILES string of the molecule is CC(C)OCc1ccc(CNC(=O)Nc2ccccc2OC(C)C)cc1. The van der Waals surface area contributed by atoms with Crippen LogP contribution in [-0.4, -0.2) is 18.2 Å². The van der Waals surface area contributed by atoms with Crippen molar-refractivity contribution in [1.29, 1.82) is 0 Å². The molecule has 0 fully saturated rings. The summed E-state index contributed by atoms with van der Waals surface area (Å²) in [6.45, 7) is 8.98. The van der Waals surface area contributed by atoms with Crippen LogP contribution in [0.1, 0.15) is 38.8 Å². The van der Waals surface area contributed by atoms with E-state index < -0.39 is 0 Å². The third-order valence-electron chi connectivity index (χ3n) is 3.56. The van der Waals surface area contributed by atoms with Gasteiger partial charge in [-0.2, -0.15) is 0 Å². The Hall–Kier alpha value is -2.53. The van der Waals surface area contributed by atoms with E-state index in [0.29, 0.717) is 24.6 Å². The zero-order valence-corrected chi connectivity index (χ0v) is 15.9. The molecule has 2 rings (SSSR count). The van der Waals surface area contributed by atoms with Gasteiger partial charge in [-0.25, -0.2) is 4.79 Å². The molecule has 0 aliphatic rings. The maximum Gasteiger partial charge on any atom is 0.319 e. The predicted octanol–water partition coefficient (Wildman–Crippen LogP) is 4.72. The number of benzene rings is 2. The molecule has 2 amide bonds. The summed E-state index contributed by atoms with van der Waals surface area (Å²) in [5.41, 5.74) is 2.80. The average Bonchev–Trinajstić information content (AvgIpc) is 2.60. The summed E-state index contributed by atoms with van der Waals surface area (Å²) in [7, 11) is 0. The van der Waals surface area contributed by atoms with E-state index in [-0.39, 0.29) is 18.2 Å². The lowest BCUT2D eigenvalue weighted by Crippen LogP contribution is -2.28. The number of anilines is 1. The zero-order valence-electron chi connectivity index (χ0n) is 15.9. The molecule has 0 aliphatic heterocycles. The predicted molar refractivity (Wildman–Crippen MR) is 104 cm³/mol. The van der Waals surface area contributed by atoms with Crippen LogP contribution in [-0.2, 0) is 17.9 Å². The van der Waals surface area contributed by atoms with Crippen LogP contribution in [0.3, 0.4) is 0 Å². The van der Waals surface area contributed by atoms with Gasteiger partial charge in [-0.3, -0.25) is 0 Å². The van der Waals surface area contributed by atoms with Crippen molar-refractivity contribution >= 4 is 11.7 Å². The molecule has 0 spiro atoms. The Morgan fingerprint density at radius 2 is 1.58 bits per heavy atom. The van der Waals surface area contributed by atoms with Crippen molar-refractivity contribution in [1.82, 2.24) is 5.32 Å². The molecule has 2 aromatic rings. The van der Waals surface area contributed by atoms with E-state index in [0.717, 1.165) is 11.1 Å². The number of ether oxygens (including phenoxy) is 2. The van der Waals surface area contributed by atoms with Crippen LogP contribution in [0.2, 0.25) is 0 Å². The average molecular weight is 356 g/mol. The normalized spacial score (nSPS) is 10.8. The standard InChI is InChI=1S/C21H28N2O3/c1-15(2)25-14-18-11-9-17(10-12-18)13-22-21(24)23-19-7-5-6-8-20(19)26-16(3)4/h5-12,15-16H,13-14H2,1-4H3,(H2,22,23,24). The van der Waals surface area contributed by atoms with Gasteiger partial charge in [0.15, 0.2) is 0 Å². The first-order chi connectivity index (χ1) is 12.4. The maximum absolute atomic E-state index is 12.2. The van der Waals surface area contributed by atoms with E-state index in [2.05, 4.69) is 10.6 Å². The van der Waals surface area contributed by atoms with Crippen molar-refractivity contribution in [3.8, 4) is 5.75 Å². The molecule has 0 bridgehead atoms. The highest BCUT2D eigenvalue weighted by atomic mass is 16.5. The number of urea groups is 1. The Balaban J connectivity index is 1.85. The number of amides is 2. The molecule has 0 unspecified atom stereocenters. The van der Waals surface area contributed by atoms with Gasteiger partial charge in [0.1, 0.15) is 5.75 Å². The first kappa shape index (κ1) is 19.8. The maximum atomic E-state index is 12.2. The number of carbonyl (C=O) groups is 1. The molecule has 2 aromatic carbocycles. The molecule has 0 saturated carbocycles. The van der Waals surface area contributed by atoms with Crippen LogP contribution in [0, 0.1) is 0 Å². The Bertz CT molecular complexity index is 697. The molecule has 0 saturated heterocycles. The molecule has 0 heterocycles. The second-order valence-corrected chi connectivity index (χ2v) is 6.65. The van der Waals surface area contributed by atoms with Gasteiger partial charge < -0.3 is 20.1 Å². The van der Waals surface area contributed by atoms with Crippen molar-refractivity contribution in [3.63, 3.8) is 0 Å². The summed E-state index contributed by atoms with van der Waals surface area (Å²) in [6, 6.07) is 15.2. The lowest BCUT2D eigenvalue weighted by molar-refractivity contribution is 0.0657. The lowest BCUT2D eigenvalue weighted by Gasteiger charge is -2.15. The van der Waals surface area contributed by atoms with Gasteiger partial charge in [-0.1, -0.05) is 36.4 Å². The summed E-state index contributed by atoms with van der Waals surface area (Å²) in [6.07, 6.45) is 0.252. The molecule has 140 valence electrons. The quantitative estimate of drug-likeness (QED) is 0.719. The number of hydrogen-bond acceptors (Lipinski definition) is 3. The molecule has 0 atom stereocenters. The van der Waals surface area contributed by atoms with Crippen LogP contribution in [0.5, 0.6) is 5.75 Å². The molecule has 0 aliphatic carbocycles. The molecule has 0 radical (unpaired) electrons. The minimum atomic E-state index is -0.267. The molecular formula is C21H28N2O3.